The van der Waals surface area contributed by atoms with Crippen LogP contribution in [0.25, 0.3) is 0 Å². The van der Waals surface area contributed by atoms with Crippen LogP contribution in [0.5, 0.6) is 11.5 Å². The molecule has 108 valence electrons. The molecular weight excluding hydrogens is 264 g/mol. The zero-order valence-corrected chi connectivity index (χ0v) is 12.6. The van der Waals surface area contributed by atoms with Gasteiger partial charge in [0.15, 0.2) is 0 Å². The van der Waals surface area contributed by atoms with Crippen LogP contribution in [0.15, 0.2) is 12.1 Å². The molecule has 0 aliphatic rings. The molecule has 0 heterocycles. The van der Waals surface area contributed by atoms with Crippen molar-refractivity contribution in [3.8, 4) is 11.5 Å². The van der Waals surface area contributed by atoms with E-state index in [0.29, 0.717) is 23.1 Å². The van der Waals surface area contributed by atoms with E-state index in [1.54, 1.807) is 20.3 Å². The van der Waals surface area contributed by atoms with E-state index in [1.807, 2.05) is 6.07 Å². The molecule has 0 saturated heterocycles. The Labute approximate surface area is 120 Å². The SMILES string of the molecule is CCCCC(N)CNc1cc(OC)c(Cl)cc1OC. The second kappa shape index (κ2) is 8.12. The number of ether oxygens (including phenoxy) is 2. The molecular formula is C14H23ClN2O2. The van der Waals surface area contributed by atoms with Crippen LogP contribution in [0, 0.1) is 0 Å². The molecule has 1 aromatic carbocycles. The molecule has 1 atom stereocenters. The normalized spacial score (nSPS) is 12.1. The molecule has 0 bridgehead atoms. The molecule has 1 aromatic rings. The molecule has 0 aliphatic heterocycles. The average Bonchev–Trinajstić information content (AvgIpc) is 2.43. The lowest BCUT2D eigenvalue weighted by Crippen LogP contribution is -2.29. The van der Waals surface area contributed by atoms with Gasteiger partial charge in [0, 0.05) is 24.7 Å². The number of nitrogens with one attached hydrogen (secondary N) is 1. The summed E-state index contributed by atoms with van der Waals surface area (Å²) < 4.78 is 10.5. The largest absolute Gasteiger partial charge is 0.495 e. The Kier molecular flexibility index (Phi) is 6.81. The van der Waals surface area contributed by atoms with Gasteiger partial charge in [-0.1, -0.05) is 31.4 Å². The summed E-state index contributed by atoms with van der Waals surface area (Å²) in [4.78, 5) is 0. The predicted octanol–water partition coefficient (Wildman–Crippen LogP) is 3.29. The molecule has 1 rings (SSSR count). The van der Waals surface area contributed by atoms with Crippen molar-refractivity contribution in [1.82, 2.24) is 0 Å². The molecule has 0 aliphatic carbocycles. The van der Waals surface area contributed by atoms with Crippen molar-refractivity contribution < 1.29 is 9.47 Å². The van der Waals surface area contributed by atoms with Crippen LogP contribution in [0.4, 0.5) is 5.69 Å². The van der Waals surface area contributed by atoms with Gasteiger partial charge in [0.2, 0.25) is 0 Å². The maximum absolute atomic E-state index is 6.05. The van der Waals surface area contributed by atoms with Crippen LogP contribution in [0.1, 0.15) is 26.2 Å². The highest BCUT2D eigenvalue weighted by Gasteiger charge is 2.10. The van der Waals surface area contributed by atoms with Gasteiger partial charge in [0.05, 0.1) is 24.9 Å². The van der Waals surface area contributed by atoms with Gasteiger partial charge in [-0.2, -0.15) is 0 Å². The quantitative estimate of drug-likeness (QED) is 0.770. The predicted molar refractivity (Wildman–Crippen MR) is 80.5 cm³/mol. The van der Waals surface area contributed by atoms with Crippen molar-refractivity contribution in [2.45, 2.75) is 32.2 Å². The minimum atomic E-state index is 0.131. The van der Waals surface area contributed by atoms with Crippen molar-refractivity contribution in [1.29, 1.82) is 0 Å². The van der Waals surface area contributed by atoms with E-state index in [2.05, 4.69) is 12.2 Å². The Bertz CT molecular complexity index is 399. The highest BCUT2D eigenvalue weighted by molar-refractivity contribution is 6.32. The fourth-order valence-electron chi connectivity index (χ4n) is 1.81. The van der Waals surface area contributed by atoms with Gasteiger partial charge in [-0.3, -0.25) is 0 Å². The zero-order chi connectivity index (χ0) is 14.3. The van der Waals surface area contributed by atoms with Crippen LogP contribution in [0.3, 0.4) is 0 Å². The molecule has 1 unspecified atom stereocenters. The smallest absolute Gasteiger partial charge is 0.143 e. The Morgan fingerprint density at radius 2 is 1.95 bits per heavy atom. The number of unbranched alkanes of at least 4 members (excludes halogenated alkanes) is 1. The Morgan fingerprint density at radius 1 is 1.26 bits per heavy atom. The van der Waals surface area contributed by atoms with E-state index in [1.165, 1.54) is 0 Å². The van der Waals surface area contributed by atoms with E-state index >= 15 is 0 Å². The number of benzene rings is 1. The first kappa shape index (κ1) is 15.9. The van der Waals surface area contributed by atoms with E-state index in [9.17, 15) is 0 Å². The van der Waals surface area contributed by atoms with Crippen molar-refractivity contribution in [2.24, 2.45) is 5.73 Å². The molecule has 19 heavy (non-hydrogen) atoms. The molecule has 4 nitrogen and oxygen atoms in total. The number of anilines is 1. The standard InChI is InChI=1S/C14H23ClN2O2/c1-4-5-6-10(16)9-17-12-8-13(18-2)11(15)7-14(12)19-3/h7-8,10,17H,4-6,9,16H2,1-3H3. The van der Waals surface area contributed by atoms with Crippen LogP contribution in [0.2, 0.25) is 5.02 Å². The van der Waals surface area contributed by atoms with Crippen LogP contribution < -0.4 is 20.5 Å². The molecule has 0 spiro atoms. The monoisotopic (exact) mass is 286 g/mol. The lowest BCUT2D eigenvalue weighted by molar-refractivity contribution is 0.404. The lowest BCUT2D eigenvalue weighted by Gasteiger charge is -2.17. The summed E-state index contributed by atoms with van der Waals surface area (Å²) in [5.41, 5.74) is 6.88. The molecule has 0 amide bonds. The summed E-state index contributed by atoms with van der Waals surface area (Å²) in [7, 11) is 3.20. The first-order valence-corrected chi connectivity index (χ1v) is 6.91. The number of nitrogens with two attached hydrogens (primary N) is 1. The minimum absolute atomic E-state index is 0.131. The fraction of sp³-hybridized carbons (Fsp3) is 0.571. The van der Waals surface area contributed by atoms with Crippen molar-refractivity contribution >= 4 is 17.3 Å². The van der Waals surface area contributed by atoms with Crippen molar-refractivity contribution in [3.05, 3.63) is 17.2 Å². The van der Waals surface area contributed by atoms with Gasteiger partial charge in [0.1, 0.15) is 11.5 Å². The van der Waals surface area contributed by atoms with E-state index in [0.717, 1.165) is 24.9 Å². The highest BCUT2D eigenvalue weighted by atomic mass is 35.5. The first-order valence-electron chi connectivity index (χ1n) is 6.53. The zero-order valence-electron chi connectivity index (χ0n) is 11.8. The van der Waals surface area contributed by atoms with Gasteiger partial charge in [-0.25, -0.2) is 0 Å². The molecule has 0 radical (unpaired) electrons. The van der Waals surface area contributed by atoms with E-state index < -0.39 is 0 Å². The molecule has 3 N–H and O–H groups in total. The molecule has 0 saturated carbocycles. The van der Waals surface area contributed by atoms with Gasteiger partial charge in [-0.05, 0) is 6.42 Å². The first-order chi connectivity index (χ1) is 9.12. The lowest BCUT2D eigenvalue weighted by atomic mass is 10.1. The maximum atomic E-state index is 6.05. The molecule has 0 aromatic heterocycles. The number of hydrogen-bond donors (Lipinski definition) is 2. The van der Waals surface area contributed by atoms with Gasteiger partial charge < -0.3 is 20.5 Å². The third-order valence-electron chi connectivity index (χ3n) is 2.96. The molecule has 0 fully saturated rings. The summed E-state index contributed by atoms with van der Waals surface area (Å²) in [5.74, 6) is 1.31. The summed E-state index contributed by atoms with van der Waals surface area (Å²) in [6, 6.07) is 3.69. The Hall–Kier alpha value is -1.13. The van der Waals surface area contributed by atoms with Crippen LogP contribution in [-0.2, 0) is 0 Å². The summed E-state index contributed by atoms with van der Waals surface area (Å²) >= 11 is 6.05. The second-order valence-corrected chi connectivity index (χ2v) is 4.88. The number of rotatable bonds is 8. The topological polar surface area (TPSA) is 56.5 Å². The van der Waals surface area contributed by atoms with Crippen molar-refractivity contribution in [3.63, 3.8) is 0 Å². The second-order valence-electron chi connectivity index (χ2n) is 4.47. The number of halogens is 1. The third kappa shape index (κ3) is 4.80. The minimum Gasteiger partial charge on any atom is -0.495 e. The van der Waals surface area contributed by atoms with Crippen molar-refractivity contribution in [2.75, 3.05) is 26.1 Å². The van der Waals surface area contributed by atoms with Crippen LogP contribution in [-0.4, -0.2) is 26.8 Å². The van der Waals surface area contributed by atoms with Crippen LogP contribution >= 0.6 is 11.6 Å². The average molecular weight is 287 g/mol. The van der Waals surface area contributed by atoms with Gasteiger partial charge >= 0.3 is 0 Å². The number of methoxy groups -OCH3 is 2. The summed E-state index contributed by atoms with van der Waals surface area (Å²) in [5, 5.41) is 3.81. The summed E-state index contributed by atoms with van der Waals surface area (Å²) in [6.45, 7) is 2.86. The Morgan fingerprint density at radius 3 is 2.53 bits per heavy atom. The highest BCUT2D eigenvalue weighted by Crippen LogP contribution is 2.35. The van der Waals surface area contributed by atoms with E-state index in [4.69, 9.17) is 26.8 Å². The summed E-state index contributed by atoms with van der Waals surface area (Å²) in [6.07, 6.45) is 3.31. The Balaban J connectivity index is 2.70. The van der Waals surface area contributed by atoms with Gasteiger partial charge in [-0.15, -0.1) is 0 Å². The number of hydrogen-bond acceptors (Lipinski definition) is 4. The molecule has 5 heteroatoms. The van der Waals surface area contributed by atoms with E-state index in [-0.39, 0.29) is 6.04 Å². The fourth-order valence-corrected chi connectivity index (χ4v) is 2.04. The third-order valence-corrected chi connectivity index (χ3v) is 3.25. The van der Waals surface area contributed by atoms with Gasteiger partial charge in [0.25, 0.3) is 0 Å². The maximum Gasteiger partial charge on any atom is 0.143 e.